The lowest BCUT2D eigenvalue weighted by Gasteiger charge is -2.26. The number of rotatable bonds is 20. The van der Waals surface area contributed by atoms with E-state index in [9.17, 15) is 4.39 Å². The van der Waals surface area contributed by atoms with E-state index >= 15 is 0 Å². The molecule has 8 aromatic carbocycles. The number of methoxy groups -OCH3 is 1. The lowest BCUT2D eigenvalue weighted by atomic mass is 10.1. The minimum absolute atomic E-state index is 0.237. The van der Waals surface area contributed by atoms with Crippen LogP contribution in [0.15, 0.2) is 359 Å². The van der Waals surface area contributed by atoms with Crippen LogP contribution in [-0.2, 0) is 56.5 Å². The first kappa shape index (κ1) is 92.3. The molecule has 0 amide bonds. The molecule has 22 nitrogen and oxygen atoms in total. The summed E-state index contributed by atoms with van der Waals surface area (Å²) in [6, 6.07) is 101. The fourth-order valence-corrected chi connectivity index (χ4v) is 18.3. The molecule has 0 bridgehead atoms. The Hall–Kier alpha value is -14.4. The number of fused-ring (bicyclic) bond motifs is 5. The van der Waals surface area contributed by atoms with Gasteiger partial charge in [0.05, 0.1) is 128 Å². The highest BCUT2D eigenvalue weighted by Gasteiger charge is 2.27. The fraction of sp³-hybridized carbons (Fsp3) is 0.193. The van der Waals surface area contributed by atoms with Gasteiger partial charge < -0.3 is 41.3 Å². The Morgan fingerprint density at radius 2 is 0.561 bits per heavy atom. The Labute approximate surface area is 816 Å². The normalized spacial score (nSPS) is 14.4. The standard InChI is InChI=1S/C24H22FN3O.C23H21ClN4O.2C23H22N4O.C21H17ClN2O/c25-21-9-6-19(7-10-21)24-22(17-27-12-14-29-15-13-27)28-16-20(8-11-23(28)26-24)18-4-2-1-3-5-18;24-19-8-6-18(7-9-19)23-21(16-27-10-12-29-13-11-27)28-15-20(25-14-22(28)26-23)17-4-2-1-3-5-17;1-2-6-18(7-3-1)19-9-10-22-25-23(20-8-4-5-11-24-20)21(27(22)16-19)17-26-12-14-28-15-13-26;1-2-4-18(5-3-1)20-6-7-22-25-23(19-8-10-24-11-9-19)21(27(22)16-20)17-26-12-14-28-15-13-26;1-25-14-19-21(16-7-10-18(22)11-8-16)23-20-12-9-17(13-24(19)20)15-5-3-2-4-6-15/h1-11,16H,12-15,17H2;1-9,14-15H,10-13,16H2;2*1-11,16H,12-15,17H2;2-13H,14H2,1H3. The van der Waals surface area contributed by atoms with Gasteiger partial charge in [-0.15, -0.1) is 0 Å². The number of nitrogens with zero attached hydrogens (tertiary/aromatic N) is 17. The Morgan fingerprint density at radius 3 is 0.914 bits per heavy atom. The Bertz CT molecular complexity index is 7090. The van der Waals surface area contributed by atoms with E-state index in [4.69, 9.17) is 71.8 Å². The largest absolute Gasteiger partial charge is 0.379 e. The molecular weight excluding hydrogens is 1780 g/mol. The topological polar surface area (TPSA) is 184 Å². The molecular formula is C114H104Cl2FN17O5. The summed E-state index contributed by atoms with van der Waals surface area (Å²) < 4.78 is 51.9. The molecule has 0 unspecified atom stereocenters. The third-order valence-corrected chi connectivity index (χ3v) is 25.9. The van der Waals surface area contributed by atoms with E-state index in [-0.39, 0.29) is 5.82 Å². The van der Waals surface area contributed by atoms with E-state index in [0.29, 0.717) is 11.6 Å². The zero-order valence-electron chi connectivity index (χ0n) is 77.2. The van der Waals surface area contributed by atoms with Crippen LogP contribution < -0.4 is 0 Å². The van der Waals surface area contributed by atoms with Crippen molar-refractivity contribution < 1.29 is 28.1 Å². The average Bonchev–Trinajstić information content (AvgIpc) is 1.59. The summed E-state index contributed by atoms with van der Waals surface area (Å²) in [5.41, 5.74) is 31.5. The van der Waals surface area contributed by atoms with Gasteiger partial charge in [-0.3, -0.25) is 39.0 Å². The van der Waals surface area contributed by atoms with Crippen LogP contribution in [0.2, 0.25) is 10.0 Å². The van der Waals surface area contributed by atoms with Gasteiger partial charge in [-0.2, -0.15) is 0 Å². The van der Waals surface area contributed by atoms with Gasteiger partial charge in [0.2, 0.25) is 0 Å². The second-order valence-corrected chi connectivity index (χ2v) is 35.3. The first-order valence-electron chi connectivity index (χ1n) is 47.1. The number of hydrogen-bond acceptors (Lipinski definition) is 17. The van der Waals surface area contributed by atoms with Crippen LogP contribution >= 0.6 is 23.2 Å². The lowest BCUT2D eigenvalue weighted by molar-refractivity contribution is 0.0335. The van der Waals surface area contributed by atoms with Gasteiger partial charge in [-0.25, -0.2) is 29.3 Å². The molecule has 24 rings (SSSR count). The quantitative estimate of drug-likeness (QED) is 0.0701. The molecule has 4 saturated heterocycles. The van der Waals surface area contributed by atoms with Crippen molar-refractivity contribution in [1.29, 1.82) is 0 Å². The van der Waals surface area contributed by atoms with E-state index in [1.54, 1.807) is 19.2 Å². The summed E-state index contributed by atoms with van der Waals surface area (Å²) in [6.07, 6.45) is 18.1. The van der Waals surface area contributed by atoms with Gasteiger partial charge in [-0.1, -0.05) is 205 Å². The van der Waals surface area contributed by atoms with Gasteiger partial charge in [0.1, 0.15) is 34.1 Å². The third kappa shape index (κ3) is 22.1. The van der Waals surface area contributed by atoms with Crippen molar-refractivity contribution in [3.05, 3.63) is 403 Å². The molecule has 4 aliphatic rings. The third-order valence-electron chi connectivity index (χ3n) is 25.4. The number of imidazole rings is 5. The van der Waals surface area contributed by atoms with Crippen LogP contribution in [0, 0.1) is 5.82 Å². The number of halogens is 3. The number of ether oxygens (including phenoxy) is 5. The first-order chi connectivity index (χ1) is 68.6. The van der Waals surface area contributed by atoms with Crippen molar-refractivity contribution in [2.45, 2.75) is 32.8 Å². The SMILES string of the molecule is COCc1c(-c2ccc(Cl)cc2)nc2ccc(-c3ccccc3)cn12.Clc1ccc(-c2nc3cnc(-c4ccccc4)cn3c2CN2CCOCC2)cc1.Fc1ccc(-c2nc3ccc(-c4ccccc4)cn3c2CN2CCOCC2)cc1.c1ccc(-c2ccc3nc(-c4ccccn4)c(CN4CCOCC4)n3c2)cc1.c1ccc(-c2ccc3nc(-c4ccncc4)c(CN4CCOCC4)n3c2)cc1. The molecule has 0 saturated carbocycles. The summed E-state index contributed by atoms with van der Waals surface area (Å²) in [4.78, 5) is 47.5. The highest BCUT2D eigenvalue weighted by atomic mass is 35.5. The van der Waals surface area contributed by atoms with Gasteiger partial charge in [0, 0.05) is 173 Å². The van der Waals surface area contributed by atoms with Crippen molar-refractivity contribution in [1.82, 2.24) is 81.5 Å². The fourth-order valence-electron chi connectivity index (χ4n) is 18.1. The molecule has 0 atom stereocenters. The van der Waals surface area contributed by atoms with Crippen molar-refractivity contribution >= 4 is 51.4 Å². The molecule has 4 aliphatic heterocycles. The minimum Gasteiger partial charge on any atom is -0.379 e. The smallest absolute Gasteiger partial charge is 0.156 e. The monoisotopic (exact) mass is 1880 g/mol. The van der Waals surface area contributed by atoms with Gasteiger partial charge in [0.15, 0.2) is 5.65 Å². The maximum atomic E-state index is 13.5. The van der Waals surface area contributed by atoms with Crippen LogP contribution in [0.1, 0.15) is 28.5 Å². The van der Waals surface area contributed by atoms with Crippen LogP contribution in [-0.4, -0.2) is 194 Å². The van der Waals surface area contributed by atoms with Crippen molar-refractivity contribution in [2.75, 3.05) is 112 Å². The van der Waals surface area contributed by atoms with Gasteiger partial charge in [0.25, 0.3) is 0 Å². The minimum atomic E-state index is -0.237. The van der Waals surface area contributed by atoms with Crippen molar-refractivity contribution in [3.63, 3.8) is 0 Å². The van der Waals surface area contributed by atoms with E-state index in [1.807, 2.05) is 176 Å². The first-order valence-corrected chi connectivity index (χ1v) is 47.8. The molecule has 0 N–H and O–H groups in total. The predicted molar refractivity (Wildman–Crippen MR) is 549 cm³/mol. The number of benzene rings is 8. The van der Waals surface area contributed by atoms with Gasteiger partial charge >= 0.3 is 0 Å². The Morgan fingerprint density at radius 1 is 0.266 bits per heavy atom. The number of pyridine rings is 6. The predicted octanol–water partition coefficient (Wildman–Crippen LogP) is 22.4. The zero-order valence-corrected chi connectivity index (χ0v) is 78.7. The molecule has 0 radical (unpaired) electrons. The van der Waals surface area contributed by atoms with Gasteiger partial charge in [-0.05, 0) is 166 Å². The summed E-state index contributed by atoms with van der Waals surface area (Å²) in [5.74, 6) is -0.237. The Balaban J connectivity index is 0.000000107. The molecule has 696 valence electrons. The molecule has 0 spiro atoms. The van der Waals surface area contributed by atoms with Crippen LogP contribution in [0.3, 0.4) is 0 Å². The average molecular weight is 1880 g/mol. The van der Waals surface area contributed by atoms with Crippen molar-refractivity contribution in [2.24, 2.45) is 0 Å². The summed E-state index contributed by atoms with van der Waals surface area (Å²) in [5, 5.41) is 1.44. The second-order valence-electron chi connectivity index (χ2n) is 34.4. The summed E-state index contributed by atoms with van der Waals surface area (Å²) >= 11 is 12.1. The lowest BCUT2D eigenvalue weighted by Crippen LogP contribution is -2.36. The highest BCUT2D eigenvalue weighted by molar-refractivity contribution is 6.31. The van der Waals surface area contributed by atoms with E-state index in [0.717, 1.165) is 261 Å². The van der Waals surface area contributed by atoms with E-state index in [2.05, 4.69) is 215 Å². The number of aromatic nitrogens is 13. The Kier molecular flexibility index (Phi) is 29.5. The second kappa shape index (κ2) is 44.4. The maximum absolute atomic E-state index is 13.5. The molecule has 139 heavy (non-hydrogen) atoms. The molecule has 12 aromatic heterocycles. The molecule has 20 aromatic rings. The van der Waals surface area contributed by atoms with Crippen molar-refractivity contribution in [3.8, 4) is 112 Å². The highest BCUT2D eigenvalue weighted by Crippen LogP contribution is 2.37. The molecule has 0 aliphatic carbocycles. The molecule has 25 heteroatoms. The molecule has 4 fully saturated rings. The maximum Gasteiger partial charge on any atom is 0.156 e. The summed E-state index contributed by atoms with van der Waals surface area (Å²) in [6.45, 7) is 17.3. The number of hydrogen-bond donors (Lipinski definition) is 0. The van der Waals surface area contributed by atoms with Crippen LogP contribution in [0.4, 0.5) is 4.39 Å². The zero-order chi connectivity index (χ0) is 94.0. The van der Waals surface area contributed by atoms with E-state index < -0.39 is 0 Å². The van der Waals surface area contributed by atoms with E-state index in [1.165, 1.54) is 56.9 Å². The van der Waals surface area contributed by atoms with Crippen LogP contribution in [0.25, 0.3) is 140 Å². The number of morpholine rings is 4. The van der Waals surface area contributed by atoms with Crippen LogP contribution in [0.5, 0.6) is 0 Å². The summed E-state index contributed by atoms with van der Waals surface area (Å²) in [7, 11) is 1.70. The molecule has 16 heterocycles.